The highest BCUT2D eigenvalue weighted by atomic mass is 16.8. The van der Waals surface area contributed by atoms with Gasteiger partial charge in [-0.1, -0.05) is 30.3 Å². The molecule has 1 aliphatic rings. The maximum Gasteiger partial charge on any atom is 0.350 e. The van der Waals surface area contributed by atoms with Gasteiger partial charge in [0.05, 0.1) is 13.7 Å². The van der Waals surface area contributed by atoms with Crippen LogP contribution in [0, 0.1) is 0 Å². The van der Waals surface area contributed by atoms with Gasteiger partial charge in [0.2, 0.25) is 12.4 Å². The van der Waals surface area contributed by atoms with E-state index in [-0.39, 0.29) is 6.61 Å². The smallest absolute Gasteiger partial charge is 0.350 e. The summed E-state index contributed by atoms with van der Waals surface area (Å²) in [4.78, 5) is 46.9. The Morgan fingerprint density at radius 1 is 0.933 bits per heavy atom. The summed E-state index contributed by atoms with van der Waals surface area (Å²) < 4.78 is 31.7. The largest absolute Gasteiger partial charge is 0.466 e. The molecule has 2 rings (SSSR count). The van der Waals surface area contributed by atoms with Crippen molar-refractivity contribution in [3.63, 3.8) is 0 Å². The molecule has 0 N–H and O–H groups in total. The normalized spacial score (nSPS) is 23.9. The second-order valence-corrected chi connectivity index (χ2v) is 6.47. The van der Waals surface area contributed by atoms with E-state index in [1.807, 2.05) is 18.2 Å². The summed E-state index contributed by atoms with van der Waals surface area (Å²) in [6.45, 7) is 3.48. The lowest BCUT2D eigenvalue weighted by molar-refractivity contribution is -0.204. The zero-order valence-corrected chi connectivity index (χ0v) is 17.1. The van der Waals surface area contributed by atoms with Crippen molar-refractivity contribution in [3.05, 3.63) is 35.9 Å². The molecular formula is C20H24O10. The van der Waals surface area contributed by atoms with Gasteiger partial charge in [-0.05, 0) is 5.56 Å². The lowest BCUT2D eigenvalue weighted by atomic mass is 10.0. The molecule has 1 aromatic rings. The van der Waals surface area contributed by atoms with E-state index < -0.39 is 54.6 Å². The van der Waals surface area contributed by atoms with Crippen molar-refractivity contribution in [1.82, 2.24) is 0 Å². The SMILES string of the molecule is COC(=O)[C@H](OC(C)=O)[C@H]1O[C@@H](OC(C)=O)[C@H](OC(C)=O)[C@H]1OCc1ccccc1. The number of methoxy groups -OCH3 is 1. The van der Waals surface area contributed by atoms with Gasteiger partial charge in [0.15, 0.2) is 6.10 Å². The lowest BCUT2D eigenvalue weighted by Gasteiger charge is -2.26. The third-order valence-corrected chi connectivity index (χ3v) is 4.10. The average Bonchev–Trinajstić information content (AvgIpc) is 3.00. The number of hydrogen-bond donors (Lipinski definition) is 0. The van der Waals surface area contributed by atoms with Crippen LogP contribution in [-0.2, 0) is 54.2 Å². The predicted molar refractivity (Wildman–Crippen MR) is 98.6 cm³/mol. The van der Waals surface area contributed by atoms with Crippen LogP contribution >= 0.6 is 0 Å². The van der Waals surface area contributed by atoms with Gasteiger partial charge in [0.25, 0.3) is 0 Å². The summed E-state index contributed by atoms with van der Waals surface area (Å²) in [6.07, 6.45) is -6.49. The molecule has 0 aliphatic carbocycles. The van der Waals surface area contributed by atoms with Gasteiger partial charge >= 0.3 is 23.9 Å². The average molecular weight is 424 g/mol. The monoisotopic (exact) mass is 424 g/mol. The number of hydrogen-bond acceptors (Lipinski definition) is 10. The molecule has 1 fully saturated rings. The van der Waals surface area contributed by atoms with Crippen LogP contribution in [-0.4, -0.2) is 61.7 Å². The molecule has 0 radical (unpaired) electrons. The van der Waals surface area contributed by atoms with Crippen LogP contribution in [0.5, 0.6) is 0 Å². The minimum absolute atomic E-state index is 0.0594. The van der Waals surface area contributed by atoms with E-state index in [0.717, 1.165) is 33.4 Å². The molecule has 5 atom stereocenters. The molecular weight excluding hydrogens is 400 g/mol. The number of rotatable bonds is 8. The van der Waals surface area contributed by atoms with Crippen LogP contribution in [0.3, 0.4) is 0 Å². The van der Waals surface area contributed by atoms with Crippen molar-refractivity contribution < 1.29 is 47.6 Å². The molecule has 0 aromatic heterocycles. The summed E-state index contributed by atoms with van der Waals surface area (Å²) in [7, 11) is 1.11. The highest BCUT2D eigenvalue weighted by molar-refractivity contribution is 5.79. The predicted octanol–water partition coefficient (Wildman–Crippen LogP) is 0.896. The molecule has 1 saturated heterocycles. The Morgan fingerprint density at radius 3 is 2.10 bits per heavy atom. The Hall–Kier alpha value is -2.98. The van der Waals surface area contributed by atoms with Crippen LogP contribution in [0.15, 0.2) is 30.3 Å². The fourth-order valence-corrected chi connectivity index (χ4v) is 2.97. The zero-order valence-electron chi connectivity index (χ0n) is 17.1. The fraction of sp³-hybridized carbons (Fsp3) is 0.500. The first-order chi connectivity index (χ1) is 14.2. The van der Waals surface area contributed by atoms with Crippen molar-refractivity contribution in [1.29, 1.82) is 0 Å². The van der Waals surface area contributed by atoms with Crippen molar-refractivity contribution >= 4 is 23.9 Å². The second kappa shape index (κ2) is 10.7. The molecule has 0 saturated carbocycles. The van der Waals surface area contributed by atoms with Crippen LogP contribution in [0.25, 0.3) is 0 Å². The van der Waals surface area contributed by atoms with Crippen LogP contribution < -0.4 is 0 Å². The summed E-state index contributed by atoms with van der Waals surface area (Å²) in [5.41, 5.74) is 0.788. The number of carbonyl (C=O) groups excluding carboxylic acids is 4. The van der Waals surface area contributed by atoms with Crippen molar-refractivity contribution in [2.75, 3.05) is 7.11 Å². The Kier molecular flexibility index (Phi) is 8.31. The van der Waals surface area contributed by atoms with E-state index >= 15 is 0 Å². The molecule has 0 spiro atoms. The van der Waals surface area contributed by atoms with Gasteiger partial charge in [-0.3, -0.25) is 14.4 Å². The molecule has 30 heavy (non-hydrogen) atoms. The van der Waals surface area contributed by atoms with Crippen LogP contribution in [0.2, 0.25) is 0 Å². The molecule has 1 heterocycles. The molecule has 10 nitrogen and oxygen atoms in total. The van der Waals surface area contributed by atoms with Gasteiger partial charge in [0.1, 0.15) is 12.2 Å². The maximum atomic E-state index is 12.3. The Balaban J connectivity index is 2.37. The molecule has 1 aromatic carbocycles. The molecule has 0 unspecified atom stereocenters. The van der Waals surface area contributed by atoms with E-state index in [1.165, 1.54) is 0 Å². The second-order valence-electron chi connectivity index (χ2n) is 6.47. The zero-order chi connectivity index (χ0) is 22.3. The van der Waals surface area contributed by atoms with E-state index in [4.69, 9.17) is 28.4 Å². The molecule has 1 aliphatic heterocycles. The topological polar surface area (TPSA) is 124 Å². The van der Waals surface area contributed by atoms with Crippen molar-refractivity contribution in [2.24, 2.45) is 0 Å². The van der Waals surface area contributed by atoms with Crippen LogP contribution in [0.1, 0.15) is 26.3 Å². The lowest BCUT2D eigenvalue weighted by Crippen LogP contribution is -2.47. The number of ether oxygens (including phenoxy) is 6. The standard InChI is InChI=1S/C20H24O10/c1-11(21)27-17(19(24)25-4)16-15(26-10-14-8-6-5-7-9-14)18(28-12(2)22)20(30-16)29-13(3)23/h5-9,15-18,20H,10H2,1-4H3/t15-,16-,17+,18+,20+/m0/s1. The maximum absolute atomic E-state index is 12.3. The summed E-state index contributed by atoms with van der Waals surface area (Å²) in [5, 5.41) is 0. The fourth-order valence-electron chi connectivity index (χ4n) is 2.97. The Labute approximate surface area is 173 Å². The summed E-state index contributed by atoms with van der Waals surface area (Å²) >= 11 is 0. The number of esters is 4. The van der Waals surface area contributed by atoms with Crippen molar-refractivity contribution in [2.45, 2.75) is 58.1 Å². The summed E-state index contributed by atoms with van der Waals surface area (Å²) in [5.74, 6) is -3.07. The molecule has 0 bridgehead atoms. The van der Waals surface area contributed by atoms with Crippen LogP contribution in [0.4, 0.5) is 0 Å². The van der Waals surface area contributed by atoms with Crippen molar-refractivity contribution in [3.8, 4) is 0 Å². The van der Waals surface area contributed by atoms with Gasteiger partial charge in [-0.25, -0.2) is 4.79 Å². The minimum atomic E-state index is -1.54. The molecule has 10 heteroatoms. The Bertz CT molecular complexity index is 762. The van der Waals surface area contributed by atoms with E-state index in [2.05, 4.69) is 0 Å². The molecule has 164 valence electrons. The Morgan fingerprint density at radius 2 is 1.57 bits per heavy atom. The quantitative estimate of drug-likeness (QED) is 0.439. The number of benzene rings is 1. The van der Waals surface area contributed by atoms with E-state index in [1.54, 1.807) is 12.1 Å². The van der Waals surface area contributed by atoms with Gasteiger partial charge in [0, 0.05) is 20.8 Å². The minimum Gasteiger partial charge on any atom is -0.466 e. The van der Waals surface area contributed by atoms with Gasteiger partial charge in [-0.2, -0.15) is 0 Å². The first-order valence-electron chi connectivity index (χ1n) is 9.13. The van der Waals surface area contributed by atoms with Gasteiger partial charge in [-0.15, -0.1) is 0 Å². The molecule has 0 amide bonds. The summed E-state index contributed by atoms with van der Waals surface area (Å²) in [6, 6.07) is 9.06. The highest BCUT2D eigenvalue weighted by Crippen LogP contribution is 2.32. The highest BCUT2D eigenvalue weighted by Gasteiger charge is 2.55. The first-order valence-corrected chi connectivity index (χ1v) is 9.13. The van der Waals surface area contributed by atoms with Gasteiger partial charge < -0.3 is 28.4 Å². The van der Waals surface area contributed by atoms with E-state index in [9.17, 15) is 19.2 Å². The first kappa shape index (κ1) is 23.3. The van der Waals surface area contributed by atoms with E-state index in [0.29, 0.717) is 0 Å². The number of carbonyl (C=O) groups is 4. The third kappa shape index (κ3) is 6.26. The third-order valence-electron chi connectivity index (χ3n) is 4.10.